The SMILES string of the molecule is O=C(Cc1ccc(CO)cc1)CC1(O)C(=O)Nc2c(Cl)ccc(Cl)c21. The Hall–Kier alpha value is -1.92. The second kappa shape index (κ2) is 6.77. The van der Waals surface area contributed by atoms with Crippen LogP contribution in [-0.2, 0) is 28.2 Å². The van der Waals surface area contributed by atoms with Gasteiger partial charge in [-0.25, -0.2) is 0 Å². The Morgan fingerprint density at radius 3 is 2.28 bits per heavy atom. The number of nitrogens with one attached hydrogen (secondary N) is 1. The number of Topliss-reactive ketones (excluding diaryl/α,β-unsaturated/α-hetero) is 1. The number of halogens is 2. The van der Waals surface area contributed by atoms with Crippen LogP contribution >= 0.6 is 23.2 Å². The summed E-state index contributed by atoms with van der Waals surface area (Å²) in [6.07, 6.45) is -0.359. The molecule has 3 rings (SSSR count). The number of amides is 1. The number of carbonyl (C=O) groups excluding carboxylic acids is 2. The van der Waals surface area contributed by atoms with Gasteiger partial charge in [0.05, 0.1) is 17.3 Å². The van der Waals surface area contributed by atoms with Crippen LogP contribution in [-0.4, -0.2) is 21.9 Å². The first-order valence-corrected chi connectivity index (χ1v) is 8.33. The van der Waals surface area contributed by atoms with Crippen LogP contribution in [0.3, 0.4) is 0 Å². The summed E-state index contributed by atoms with van der Waals surface area (Å²) in [5.74, 6) is -1.04. The Kier molecular flexibility index (Phi) is 4.84. The summed E-state index contributed by atoms with van der Waals surface area (Å²) in [5, 5.41) is 22.8. The van der Waals surface area contributed by atoms with Crippen molar-refractivity contribution in [3.63, 3.8) is 0 Å². The summed E-state index contributed by atoms with van der Waals surface area (Å²) >= 11 is 12.2. The molecule has 25 heavy (non-hydrogen) atoms. The zero-order valence-corrected chi connectivity index (χ0v) is 14.6. The van der Waals surface area contributed by atoms with Crippen LogP contribution in [0.1, 0.15) is 23.1 Å². The Balaban J connectivity index is 1.83. The van der Waals surface area contributed by atoms with Crippen molar-refractivity contribution in [2.75, 3.05) is 5.32 Å². The summed E-state index contributed by atoms with van der Waals surface area (Å²) in [6, 6.07) is 9.86. The van der Waals surface area contributed by atoms with Gasteiger partial charge in [0.15, 0.2) is 5.60 Å². The van der Waals surface area contributed by atoms with Gasteiger partial charge >= 0.3 is 0 Å². The Morgan fingerprint density at radius 2 is 1.64 bits per heavy atom. The fraction of sp³-hybridized carbons (Fsp3) is 0.222. The Labute approximate surface area is 154 Å². The molecule has 3 N–H and O–H groups in total. The molecule has 1 aliphatic rings. The molecule has 2 aromatic rings. The third-order valence-electron chi connectivity index (χ3n) is 4.19. The van der Waals surface area contributed by atoms with Crippen molar-refractivity contribution in [2.45, 2.75) is 25.0 Å². The number of ketones is 1. The lowest BCUT2D eigenvalue weighted by molar-refractivity contribution is -0.139. The lowest BCUT2D eigenvalue weighted by Gasteiger charge is -2.21. The van der Waals surface area contributed by atoms with E-state index in [1.807, 2.05) is 0 Å². The van der Waals surface area contributed by atoms with Gasteiger partial charge in [-0.2, -0.15) is 0 Å². The normalized spacial score (nSPS) is 18.8. The van der Waals surface area contributed by atoms with Crippen molar-refractivity contribution in [1.82, 2.24) is 0 Å². The van der Waals surface area contributed by atoms with E-state index in [-0.39, 0.29) is 40.1 Å². The van der Waals surface area contributed by atoms with Gasteiger partial charge in [0.25, 0.3) is 5.91 Å². The first-order chi connectivity index (χ1) is 11.8. The molecule has 130 valence electrons. The topological polar surface area (TPSA) is 86.6 Å². The fourth-order valence-corrected chi connectivity index (χ4v) is 3.43. The molecule has 0 bridgehead atoms. The molecule has 0 spiro atoms. The monoisotopic (exact) mass is 379 g/mol. The number of rotatable bonds is 5. The van der Waals surface area contributed by atoms with Gasteiger partial charge < -0.3 is 15.5 Å². The minimum atomic E-state index is -2.04. The van der Waals surface area contributed by atoms with E-state index in [4.69, 9.17) is 28.3 Å². The molecule has 0 aliphatic carbocycles. The molecule has 5 nitrogen and oxygen atoms in total. The maximum atomic E-state index is 12.4. The van der Waals surface area contributed by atoms with E-state index in [0.29, 0.717) is 0 Å². The summed E-state index contributed by atoms with van der Waals surface area (Å²) in [5.41, 5.74) is -0.209. The van der Waals surface area contributed by atoms with Crippen molar-refractivity contribution in [1.29, 1.82) is 0 Å². The van der Waals surface area contributed by atoms with E-state index < -0.39 is 17.9 Å². The highest BCUT2D eigenvalue weighted by Crippen LogP contribution is 2.46. The molecule has 1 aliphatic heterocycles. The van der Waals surface area contributed by atoms with Crippen molar-refractivity contribution in [3.8, 4) is 0 Å². The molecule has 0 fully saturated rings. The highest BCUT2D eigenvalue weighted by Gasteiger charge is 2.48. The van der Waals surface area contributed by atoms with Crippen LogP contribution < -0.4 is 5.32 Å². The number of anilines is 1. The maximum absolute atomic E-state index is 12.4. The number of hydrogen-bond acceptors (Lipinski definition) is 4. The highest BCUT2D eigenvalue weighted by molar-refractivity contribution is 6.38. The van der Waals surface area contributed by atoms with Gasteiger partial charge in [0.1, 0.15) is 5.78 Å². The van der Waals surface area contributed by atoms with Gasteiger partial charge in [-0.3, -0.25) is 9.59 Å². The number of benzene rings is 2. The number of aliphatic hydroxyl groups excluding tert-OH is 1. The van der Waals surface area contributed by atoms with E-state index >= 15 is 0 Å². The molecule has 0 saturated carbocycles. The van der Waals surface area contributed by atoms with Crippen LogP contribution in [0.2, 0.25) is 10.0 Å². The zero-order valence-electron chi connectivity index (χ0n) is 13.1. The minimum Gasteiger partial charge on any atom is -0.392 e. The molecule has 0 aromatic heterocycles. The van der Waals surface area contributed by atoms with Crippen molar-refractivity contribution >= 4 is 40.6 Å². The molecule has 1 amide bonds. The Bertz CT molecular complexity index is 851. The van der Waals surface area contributed by atoms with Gasteiger partial charge in [0.2, 0.25) is 0 Å². The summed E-state index contributed by atoms with van der Waals surface area (Å²) in [6.45, 7) is -0.0792. The van der Waals surface area contributed by atoms with E-state index in [1.165, 1.54) is 12.1 Å². The maximum Gasteiger partial charge on any atom is 0.261 e. The van der Waals surface area contributed by atoms with Crippen LogP contribution in [0.5, 0.6) is 0 Å². The average molecular weight is 380 g/mol. The second-order valence-corrected chi connectivity index (χ2v) is 6.77. The molecular weight excluding hydrogens is 365 g/mol. The van der Waals surface area contributed by atoms with Crippen LogP contribution in [0.4, 0.5) is 5.69 Å². The highest BCUT2D eigenvalue weighted by atomic mass is 35.5. The van der Waals surface area contributed by atoms with Crippen LogP contribution in [0.15, 0.2) is 36.4 Å². The van der Waals surface area contributed by atoms with E-state index in [2.05, 4.69) is 5.32 Å². The predicted octanol–water partition coefficient (Wildman–Crippen LogP) is 2.83. The molecule has 0 saturated heterocycles. The third kappa shape index (κ3) is 3.28. The van der Waals surface area contributed by atoms with E-state index in [9.17, 15) is 14.7 Å². The fourth-order valence-electron chi connectivity index (χ4n) is 2.92. The van der Waals surface area contributed by atoms with Gasteiger partial charge in [-0.05, 0) is 23.3 Å². The quantitative estimate of drug-likeness (QED) is 0.745. The van der Waals surface area contributed by atoms with Crippen molar-refractivity contribution < 1.29 is 19.8 Å². The summed E-state index contributed by atoms with van der Waals surface area (Å²) < 4.78 is 0. The Morgan fingerprint density at radius 1 is 1.04 bits per heavy atom. The third-order valence-corrected chi connectivity index (χ3v) is 4.82. The van der Waals surface area contributed by atoms with Crippen molar-refractivity contribution in [3.05, 3.63) is 63.1 Å². The largest absolute Gasteiger partial charge is 0.392 e. The standard InChI is InChI=1S/C18H15Cl2NO4/c19-13-5-6-14(20)16-15(13)18(25,17(24)21-16)8-12(23)7-10-1-3-11(9-22)4-2-10/h1-6,22,25H,7-9H2,(H,21,24). The van der Waals surface area contributed by atoms with Gasteiger partial charge in [-0.15, -0.1) is 0 Å². The zero-order chi connectivity index (χ0) is 18.2. The number of fused-ring (bicyclic) bond motifs is 1. The van der Waals surface area contributed by atoms with Gasteiger partial charge in [0, 0.05) is 23.4 Å². The molecular formula is C18H15Cl2NO4. The van der Waals surface area contributed by atoms with Crippen molar-refractivity contribution in [2.24, 2.45) is 0 Å². The van der Waals surface area contributed by atoms with E-state index in [0.717, 1.165) is 11.1 Å². The number of hydrogen-bond donors (Lipinski definition) is 3. The van der Waals surface area contributed by atoms with Crippen LogP contribution in [0.25, 0.3) is 0 Å². The average Bonchev–Trinajstić information content (AvgIpc) is 2.84. The predicted molar refractivity (Wildman–Crippen MR) is 94.7 cm³/mol. The lowest BCUT2D eigenvalue weighted by atomic mass is 9.88. The molecule has 1 unspecified atom stereocenters. The van der Waals surface area contributed by atoms with Crippen LogP contribution in [0, 0.1) is 0 Å². The minimum absolute atomic E-state index is 0.0504. The smallest absolute Gasteiger partial charge is 0.261 e. The summed E-state index contributed by atoms with van der Waals surface area (Å²) in [7, 11) is 0. The van der Waals surface area contributed by atoms with E-state index in [1.54, 1.807) is 24.3 Å². The first-order valence-electron chi connectivity index (χ1n) is 7.58. The molecule has 1 atom stereocenters. The summed E-state index contributed by atoms with van der Waals surface area (Å²) in [4.78, 5) is 24.7. The second-order valence-electron chi connectivity index (χ2n) is 5.96. The molecule has 0 radical (unpaired) electrons. The number of carbonyl (C=O) groups is 2. The molecule has 1 heterocycles. The van der Waals surface area contributed by atoms with Gasteiger partial charge in [-0.1, -0.05) is 47.5 Å². The molecule has 7 heteroatoms. The number of aliphatic hydroxyl groups is 2. The molecule has 2 aromatic carbocycles. The lowest BCUT2D eigenvalue weighted by Crippen LogP contribution is -2.37. The first kappa shape index (κ1) is 17.9.